The van der Waals surface area contributed by atoms with Crippen molar-refractivity contribution in [3.63, 3.8) is 0 Å². The number of hydrogen-bond donors (Lipinski definition) is 3. The van der Waals surface area contributed by atoms with Crippen LogP contribution in [-0.2, 0) is 11.2 Å². The molecule has 182 valence electrons. The number of pyridine rings is 1. The van der Waals surface area contributed by atoms with Gasteiger partial charge in [0.05, 0.1) is 12.2 Å². The first kappa shape index (κ1) is 28.6. The van der Waals surface area contributed by atoms with Gasteiger partial charge in [0.1, 0.15) is 12.3 Å². The Bertz CT molecular complexity index is 864. The number of benzene rings is 1. The van der Waals surface area contributed by atoms with Gasteiger partial charge in [-0.05, 0) is 50.6 Å². The second-order valence-electron chi connectivity index (χ2n) is 7.72. The summed E-state index contributed by atoms with van der Waals surface area (Å²) in [6.45, 7) is 7.35. The summed E-state index contributed by atoms with van der Waals surface area (Å²) < 4.78 is 5.69. The van der Waals surface area contributed by atoms with E-state index in [1.54, 1.807) is 18.1 Å². The van der Waals surface area contributed by atoms with Crippen LogP contribution in [0.2, 0.25) is 0 Å². The number of aromatic nitrogens is 1. The van der Waals surface area contributed by atoms with E-state index in [1.165, 1.54) is 0 Å². The number of ether oxygens (including phenoxy) is 1. The highest BCUT2D eigenvalue weighted by molar-refractivity contribution is 14.0. The summed E-state index contributed by atoms with van der Waals surface area (Å²) in [6.07, 6.45) is 1.76. The number of aliphatic hydroxyl groups excluding tert-OH is 1. The summed E-state index contributed by atoms with van der Waals surface area (Å²) in [5, 5.41) is 16.8. The standard InChI is InChI=1S/C24H35N5O3.HI/c1-5-25-24(27-16-22(30)19-9-8-11-21(15-19)32-18(2)3)28-17-23(31)29(4)14-12-20-10-6-7-13-26-20;/h6-11,13,15,18,22,30H,5,12,14,16-17H2,1-4H3,(H2,25,27,28);1H. The fourth-order valence-corrected chi connectivity index (χ4v) is 2.94. The van der Waals surface area contributed by atoms with E-state index in [0.717, 1.165) is 17.0 Å². The van der Waals surface area contributed by atoms with Crippen molar-refractivity contribution in [1.29, 1.82) is 0 Å². The van der Waals surface area contributed by atoms with Gasteiger partial charge in [0.25, 0.3) is 0 Å². The highest BCUT2D eigenvalue weighted by Crippen LogP contribution is 2.19. The molecule has 0 aliphatic rings. The molecule has 1 heterocycles. The minimum atomic E-state index is -0.744. The average molecular weight is 569 g/mol. The second-order valence-corrected chi connectivity index (χ2v) is 7.72. The van der Waals surface area contributed by atoms with Gasteiger partial charge in [-0.15, -0.1) is 24.0 Å². The van der Waals surface area contributed by atoms with Crippen LogP contribution in [0.25, 0.3) is 0 Å². The number of halogens is 1. The summed E-state index contributed by atoms with van der Waals surface area (Å²) in [5.74, 6) is 1.11. The molecule has 2 aromatic rings. The molecule has 3 N–H and O–H groups in total. The number of nitrogens with one attached hydrogen (secondary N) is 2. The quantitative estimate of drug-likeness (QED) is 0.219. The lowest BCUT2D eigenvalue weighted by molar-refractivity contribution is -0.128. The van der Waals surface area contributed by atoms with Crippen molar-refractivity contribution in [2.24, 2.45) is 4.99 Å². The maximum Gasteiger partial charge on any atom is 0.244 e. The number of aliphatic imine (C=N–C) groups is 1. The Labute approximate surface area is 213 Å². The van der Waals surface area contributed by atoms with Crippen LogP contribution < -0.4 is 15.4 Å². The van der Waals surface area contributed by atoms with Gasteiger partial charge in [0.2, 0.25) is 5.91 Å². The third kappa shape index (κ3) is 10.8. The van der Waals surface area contributed by atoms with Crippen LogP contribution in [0.5, 0.6) is 5.75 Å². The molecule has 9 heteroatoms. The van der Waals surface area contributed by atoms with E-state index in [9.17, 15) is 9.90 Å². The molecule has 2 rings (SSSR count). The van der Waals surface area contributed by atoms with E-state index in [2.05, 4.69) is 20.6 Å². The first-order chi connectivity index (χ1) is 15.4. The maximum absolute atomic E-state index is 12.4. The summed E-state index contributed by atoms with van der Waals surface area (Å²) in [5.41, 5.74) is 1.69. The highest BCUT2D eigenvalue weighted by atomic mass is 127. The molecule has 0 fully saturated rings. The van der Waals surface area contributed by atoms with E-state index in [-0.39, 0.29) is 49.1 Å². The Hall–Kier alpha value is -2.40. The fourth-order valence-electron chi connectivity index (χ4n) is 2.94. The van der Waals surface area contributed by atoms with Crippen LogP contribution in [-0.4, -0.2) is 66.2 Å². The van der Waals surface area contributed by atoms with Gasteiger partial charge in [0, 0.05) is 45.0 Å². The zero-order valence-electron chi connectivity index (χ0n) is 19.8. The highest BCUT2D eigenvalue weighted by Gasteiger charge is 2.12. The van der Waals surface area contributed by atoms with Crippen molar-refractivity contribution < 1.29 is 14.6 Å². The molecule has 33 heavy (non-hydrogen) atoms. The lowest BCUT2D eigenvalue weighted by Crippen LogP contribution is -2.40. The lowest BCUT2D eigenvalue weighted by Gasteiger charge is -2.18. The fraction of sp³-hybridized carbons (Fsp3) is 0.458. The number of hydrogen-bond acceptors (Lipinski definition) is 5. The number of nitrogens with zero attached hydrogens (tertiary/aromatic N) is 3. The van der Waals surface area contributed by atoms with Crippen LogP contribution >= 0.6 is 24.0 Å². The molecular weight excluding hydrogens is 533 g/mol. The Morgan fingerprint density at radius 1 is 1.21 bits per heavy atom. The molecule has 0 aliphatic carbocycles. The zero-order chi connectivity index (χ0) is 23.3. The van der Waals surface area contributed by atoms with Gasteiger partial charge in [0.15, 0.2) is 5.96 Å². The number of guanidine groups is 1. The van der Waals surface area contributed by atoms with Crippen LogP contribution in [0.15, 0.2) is 53.7 Å². The van der Waals surface area contributed by atoms with E-state index < -0.39 is 6.10 Å². The lowest BCUT2D eigenvalue weighted by atomic mass is 10.1. The summed E-state index contributed by atoms with van der Waals surface area (Å²) >= 11 is 0. The third-order valence-electron chi connectivity index (χ3n) is 4.65. The second kappa shape index (κ2) is 15.4. The average Bonchev–Trinajstić information content (AvgIpc) is 2.79. The van der Waals surface area contributed by atoms with Crippen molar-refractivity contribution in [3.05, 3.63) is 59.9 Å². The summed E-state index contributed by atoms with van der Waals surface area (Å²) in [4.78, 5) is 22.7. The number of rotatable bonds is 11. The van der Waals surface area contributed by atoms with E-state index >= 15 is 0 Å². The molecule has 0 aliphatic heterocycles. The Morgan fingerprint density at radius 2 is 2.00 bits per heavy atom. The molecule has 1 aromatic carbocycles. The van der Waals surface area contributed by atoms with Gasteiger partial charge in [-0.25, -0.2) is 4.99 Å². The van der Waals surface area contributed by atoms with Gasteiger partial charge in [-0.3, -0.25) is 9.78 Å². The predicted molar refractivity (Wildman–Crippen MR) is 142 cm³/mol. The van der Waals surface area contributed by atoms with Gasteiger partial charge in [-0.2, -0.15) is 0 Å². The molecule has 1 aromatic heterocycles. The number of aliphatic hydroxyl groups is 1. The normalized spacial score (nSPS) is 12.0. The summed E-state index contributed by atoms with van der Waals surface area (Å²) in [7, 11) is 1.76. The first-order valence-electron chi connectivity index (χ1n) is 11.0. The monoisotopic (exact) mass is 569 g/mol. The van der Waals surface area contributed by atoms with Crippen molar-refractivity contribution in [2.45, 2.75) is 39.4 Å². The molecule has 0 saturated carbocycles. The van der Waals surface area contributed by atoms with Crippen LogP contribution in [0.1, 0.15) is 38.1 Å². The molecular formula is C24H36IN5O3. The topological polar surface area (TPSA) is 99.1 Å². The number of carbonyl (C=O) groups excluding carboxylic acids is 1. The molecule has 0 spiro atoms. The van der Waals surface area contributed by atoms with E-state index in [4.69, 9.17) is 4.74 Å². The predicted octanol–water partition coefficient (Wildman–Crippen LogP) is 2.78. The first-order valence-corrected chi connectivity index (χ1v) is 11.0. The van der Waals surface area contributed by atoms with E-state index in [1.807, 2.05) is 63.2 Å². The number of carbonyl (C=O) groups is 1. The molecule has 8 nitrogen and oxygen atoms in total. The zero-order valence-corrected chi connectivity index (χ0v) is 22.2. The van der Waals surface area contributed by atoms with Crippen molar-refractivity contribution in [3.8, 4) is 5.75 Å². The SMILES string of the molecule is CCNC(=NCC(=O)N(C)CCc1ccccn1)NCC(O)c1cccc(OC(C)C)c1.I. The van der Waals surface area contributed by atoms with Crippen molar-refractivity contribution in [2.75, 3.05) is 33.2 Å². The Balaban J connectivity index is 0.00000544. The smallest absolute Gasteiger partial charge is 0.244 e. The molecule has 1 unspecified atom stereocenters. The molecule has 1 amide bonds. The van der Waals surface area contributed by atoms with Crippen LogP contribution in [0.4, 0.5) is 0 Å². The Kier molecular flexibility index (Phi) is 13.4. The van der Waals surface area contributed by atoms with E-state index in [0.29, 0.717) is 25.5 Å². The molecule has 1 atom stereocenters. The minimum absolute atomic E-state index is 0. The van der Waals surface area contributed by atoms with Crippen LogP contribution in [0.3, 0.4) is 0 Å². The molecule has 0 bridgehead atoms. The largest absolute Gasteiger partial charge is 0.491 e. The molecule has 0 radical (unpaired) electrons. The summed E-state index contributed by atoms with van der Waals surface area (Å²) in [6, 6.07) is 13.2. The number of amides is 1. The van der Waals surface area contributed by atoms with Gasteiger partial charge in [-0.1, -0.05) is 18.2 Å². The Morgan fingerprint density at radius 3 is 2.67 bits per heavy atom. The maximum atomic E-state index is 12.4. The third-order valence-corrected chi connectivity index (χ3v) is 4.65. The van der Waals surface area contributed by atoms with Crippen LogP contribution in [0, 0.1) is 0 Å². The van der Waals surface area contributed by atoms with Gasteiger partial charge >= 0.3 is 0 Å². The van der Waals surface area contributed by atoms with Gasteiger partial charge < -0.3 is 25.4 Å². The molecule has 0 saturated heterocycles. The minimum Gasteiger partial charge on any atom is -0.491 e. The van der Waals surface area contributed by atoms with Crippen molar-refractivity contribution in [1.82, 2.24) is 20.5 Å². The number of likely N-dealkylation sites (N-methyl/N-ethyl adjacent to an activating group) is 1. The van der Waals surface area contributed by atoms with Crippen molar-refractivity contribution >= 4 is 35.8 Å².